The van der Waals surface area contributed by atoms with E-state index in [0.29, 0.717) is 30.5 Å². The van der Waals surface area contributed by atoms with Gasteiger partial charge in [0.05, 0.1) is 37.2 Å². The number of hydrogen-bond donors (Lipinski definition) is 1. The predicted octanol–water partition coefficient (Wildman–Crippen LogP) is 5.67. The lowest BCUT2D eigenvalue weighted by Crippen LogP contribution is -2.19. The highest BCUT2D eigenvalue weighted by molar-refractivity contribution is 6.04. The van der Waals surface area contributed by atoms with Gasteiger partial charge in [-0.3, -0.25) is 14.8 Å². The van der Waals surface area contributed by atoms with Crippen molar-refractivity contribution >= 4 is 23.5 Å². The van der Waals surface area contributed by atoms with Crippen LogP contribution >= 0.6 is 0 Å². The molecule has 0 bridgehead atoms. The SMILES string of the molecule is Cc1ccc(NC(=O)c2cccc(C(F)(F)F)c2)cc1N1CC(c2cncc(OCC3CCOC3)c2)C=N1. The number of hydrogen-bond acceptors (Lipinski definition) is 6. The Morgan fingerprint density at radius 1 is 1.18 bits per heavy atom. The van der Waals surface area contributed by atoms with E-state index in [1.165, 1.54) is 12.1 Å². The van der Waals surface area contributed by atoms with Gasteiger partial charge in [0, 0.05) is 42.1 Å². The summed E-state index contributed by atoms with van der Waals surface area (Å²) in [6.45, 7) is 4.58. The highest BCUT2D eigenvalue weighted by atomic mass is 19.4. The number of alkyl halides is 3. The molecular formula is C28H27F3N4O3. The molecule has 2 atom stereocenters. The van der Waals surface area contributed by atoms with E-state index in [4.69, 9.17) is 9.47 Å². The fourth-order valence-corrected chi connectivity index (χ4v) is 4.44. The monoisotopic (exact) mass is 524 g/mol. The van der Waals surface area contributed by atoms with Crippen molar-refractivity contribution in [2.45, 2.75) is 25.4 Å². The standard InChI is InChI=1S/C28H27F3N4O3/c1-18-5-6-24(34-27(36)20-3-2-4-23(9-20)28(29,30)31)11-26(18)35-15-22(13-33-35)21-10-25(14-32-12-21)38-17-19-7-8-37-16-19/h2-6,9-14,19,22H,7-8,15-17H2,1H3,(H,34,36). The smallest absolute Gasteiger partial charge is 0.416 e. The van der Waals surface area contributed by atoms with Crippen LogP contribution in [-0.2, 0) is 10.9 Å². The van der Waals surface area contributed by atoms with Gasteiger partial charge in [0.25, 0.3) is 5.91 Å². The Labute approximate surface area is 218 Å². The van der Waals surface area contributed by atoms with Crippen LogP contribution in [0.25, 0.3) is 0 Å². The van der Waals surface area contributed by atoms with Crippen molar-refractivity contribution < 1.29 is 27.4 Å². The van der Waals surface area contributed by atoms with Gasteiger partial charge in [-0.1, -0.05) is 12.1 Å². The molecule has 2 unspecified atom stereocenters. The Kier molecular flexibility index (Phi) is 7.33. The molecule has 1 fully saturated rings. The average Bonchev–Trinajstić information content (AvgIpc) is 3.61. The molecule has 5 rings (SSSR count). The van der Waals surface area contributed by atoms with Crippen LogP contribution in [0.3, 0.4) is 0 Å². The summed E-state index contributed by atoms with van der Waals surface area (Å²) in [5.74, 6) is 0.465. The van der Waals surface area contributed by atoms with Crippen molar-refractivity contribution in [2.75, 3.05) is 36.7 Å². The number of pyridine rings is 1. The van der Waals surface area contributed by atoms with Crippen LogP contribution in [0, 0.1) is 12.8 Å². The Balaban J connectivity index is 1.25. The second-order valence-electron chi connectivity index (χ2n) is 9.48. The lowest BCUT2D eigenvalue weighted by Gasteiger charge is -2.20. The van der Waals surface area contributed by atoms with Gasteiger partial charge >= 0.3 is 6.18 Å². The minimum atomic E-state index is -4.52. The van der Waals surface area contributed by atoms with Crippen molar-refractivity contribution in [2.24, 2.45) is 11.0 Å². The second kappa shape index (κ2) is 10.8. The normalized spacial score (nSPS) is 19.1. The molecule has 198 valence electrons. The molecule has 2 aliphatic rings. The van der Waals surface area contributed by atoms with E-state index in [1.54, 1.807) is 24.5 Å². The molecule has 1 aromatic heterocycles. The number of carbonyl (C=O) groups excluding carboxylic acids is 1. The Morgan fingerprint density at radius 2 is 2.05 bits per heavy atom. The molecule has 0 spiro atoms. The molecule has 1 N–H and O–H groups in total. The predicted molar refractivity (Wildman–Crippen MR) is 138 cm³/mol. The molecule has 1 amide bonds. The van der Waals surface area contributed by atoms with Crippen LogP contribution in [0.2, 0.25) is 0 Å². The van der Waals surface area contributed by atoms with Crippen LogP contribution in [0.5, 0.6) is 5.75 Å². The van der Waals surface area contributed by atoms with Crippen molar-refractivity contribution in [3.8, 4) is 5.75 Å². The molecule has 2 aliphatic heterocycles. The number of ether oxygens (including phenoxy) is 2. The van der Waals surface area contributed by atoms with Crippen molar-refractivity contribution in [1.29, 1.82) is 0 Å². The number of nitrogens with zero attached hydrogens (tertiary/aromatic N) is 3. The number of aromatic nitrogens is 1. The number of benzene rings is 2. The molecule has 0 radical (unpaired) electrons. The van der Waals surface area contributed by atoms with Gasteiger partial charge in [0.2, 0.25) is 0 Å². The van der Waals surface area contributed by atoms with Gasteiger partial charge in [-0.25, -0.2) is 0 Å². The number of anilines is 2. The van der Waals surface area contributed by atoms with Gasteiger partial charge in [-0.05, 0) is 60.9 Å². The third-order valence-corrected chi connectivity index (χ3v) is 6.62. The number of aryl methyl sites for hydroxylation is 1. The highest BCUT2D eigenvalue weighted by Crippen LogP contribution is 2.32. The summed E-state index contributed by atoms with van der Waals surface area (Å²) in [6, 6.07) is 11.6. The van der Waals surface area contributed by atoms with E-state index < -0.39 is 17.6 Å². The molecule has 0 aliphatic carbocycles. The molecule has 3 aromatic rings. The number of hydrazone groups is 1. The van der Waals surface area contributed by atoms with Gasteiger partial charge in [-0.15, -0.1) is 0 Å². The van der Waals surface area contributed by atoms with E-state index >= 15 is 0 Å². The topological polar surface area (TPSA) is 76.1 Å². The van der Waals surface area contributed by atoms with E-state index in [1.807, 2.05) is 30.3 Å². The number of amides is 1. The highest BCUT2D eigenvalue weighted by Gasteiger charge is 2.31. The molecule has 0 saturated carbocycles. The lowest BCUT2D eigenvalue weighted by molar-refractivity contribution is -0.137. The summed E-state index contributed by atoms with van der Waals surface area (Å²) in [6.07, 6.45) is 1.81. The largest absolute Gasteiger partial charge is 0.492 e. The quantitative estimate of drug-likeness (QED) is 0.431. The Morgan fingerprint density at radius 3 is 2.84 bits per heavy atom. The molecule has 2 aromatic carbocycles. The van der Waals surface area contributed by atoms with Crippen LogP contribution < -0.4 is 15.1 Å². The summed E-state index contributed by atoms with van der Waals surface area (Å²) in [7, 11) is 0. The number of nitrogens with one attached hydrogen (secondary N) is 1. The van der Waals surface area contributed by atoms with Crippen LogP contribution in [0.1, 0.15) is 39.4 Å². The Hall–Kier alpha value is -3.92. The maximum absolute atomic E-state index is 13.0. The second-order valence-corrected chi connectivity index (χ2v) is 9.48. The van der Waals surface area contributed by atoms with Gasteiger partial charge in [-0.2, -0.15) is 18.3 Å². The maximum Gasteiger partial charge on any atom is 0.416 e. The summed E-state index contributed by atoms with van der Waals surface area (Å²) >= 11 is 0. The minimum absolute atomic E-state index is 0.0105. The van der Waals surface area contributed by atoms with Crippen molar-refractivity contribution in [3.05, 3.63) is 83.2 Å². The Bertz CT molecular complexity index is 1340. The molecule has 3 heterocycles. The molecular weight excluding hydrogens is 497 g/mol. The molecule has 10 heteroatoms. The van der Waals surface area contributed by atoms with Gasteiger partial charge < -0.3 is 14.8 Å². The summed E-state index contributed by atoms with van der Waals surface area (Å²) in [4.78, 5) is 17.0. The van der Waals surface area contributed by atoms with Gasteiger partial charge in [0.15, 0.2) is 0 Å². The van der Waals surface area contributed by atoms with Crippen LogP contribution in [0.4, 0.5) is 24.5 Å². The minimum Gasteiger partial charge on any atom is -0.492 e. The fourth-order valence-electron chi connectivity index (χ4n) is 4.44. The van der Waals surface area contributed by atoms with Gasteiger partial charge in [0.1, 0.15) is 5.75 Å². The zero-order valence-corrected chi connectivity index (χ0v) is 20.7. The first-order valence-electron chi connectivity index (χ1n) is 12.3. The molecule has 7 nitrogen and oxygen atoms in total. The third-order valence-electron chi connectivity index (χ3n) is 6.62. The number of halogens is 3. The van der Waals surface area contributed by atoms with Crippen molar-refractivity contribution in [3.63, 3.8) is 0 Å². The summed E-state index contributed by atoms with van der Waals surface area (Å²) in [5.41, 5.74) is 2.21. The molecule has 1 saturated heterocycles. The third kappa shape index (κ3) is 5.96. The fraction of sp³-hybridized carbons (Fsp3) is 0.321. The first-order chi connectivity index (χ1) is 18.3. The summed E-state index contributed by atoms with van der Waals surface area (Å²) in [5, 5.41) is 9.10. The number of rotatable bonds is 7. The van der Waals surface area contributed by atoms with E-state index in [0.717, 1.165) is 48.6 Å². The lowest BCUT2D eigenvalue weighted by atomic mass is 10.0. The maximum atomic E-state index is 13.0. The zero-order valence-electron chi connectivity index (χ0n) is 20.7. The first kappa shape index (κ1) is 25.7. The zero-order chi connectivity index (χ0) is 26.7. The first-order valence-corrected chi connectivity index (χ1v) is 12.3. The van der Waals surface area contributed by atoms with Crippen molar-refractivity contribution in [1.82, 2.24) is 4.98 Å². The van der Waals surface area contributed by atoms with Crippen LogP contribution in [0.15, 0.2) is 66.0 Å². The molecule has 38 heavy (non-hydrogen) atoms. The number of carbonyl (C=O) groups is 1. The van der Waals surface area contributed by atoms with E-state index in [2.05, 4.69) is 15.4 Å². The summed E-state index contributed by atoms with van der Waals surface area (Å²) < 4.78 is 50.5. The average molecular weight is 525 g/mol. The van der Waals surface area contributed by atoms with Crippen LogP contribution in [-0.4, -0.2) is 43.5 Å². The van der Waals surface area contributed by atoms with E-state index in [-0.39, 0.29) is 11.5 Å². The van der Waals surface area contributed by atoms with E-state index in [9.17, 15) is 18.0 Å².